The lowest BCUT2D eigenvalue weighted by Crippen LogP contribution is -2.45. The van der Waals surface area contributed by atoms with Crippen molar-refractivity contribution in [1.29, 1.82) is 0 Å². The zero-order valence-electron chi connectivity index (χ0n) is 18.2. The van der Waals surface area contributed by atoms with Crippen molar-refractivity contribution in [1.82, 2.24) is 10.6 Å². The zero-order chi connectivity index (χ0) is 22.4. The Kier molecular flexibility index (Phi) is 12.3. The number of amides is 2. The molecule has 1 rings (SSSR count). The summed E-state index contributed by atoms with van der Waals surface area (Å²) in [6.07, 6.45) is 3.92. The Hall–Kier alpha value is -2.54. The van der Waals surface area contributed by atoms with E-state index in [0.717, 1.165) is 24.8 Å². The minimum atomic E-state index is -0.765. The summed E-state index contributed by atoms with van der Waals surface area (Å²) in [6.45, 7) is 3.01. The van der Waals surface area contributed by atoms with Gasteiger partial charge in [0.1, 0.15) is 13.2 Å². The highest BCUT2D eigenvalue weighted by Gasteiger charge is 2.27. The van der Waals surface area contributed by atoms with Crippen LogP contribution < -0.4 is 10.6 Å². The van der Waals surface area contributed by atoms with Crippen LogP contribution in [0.4, 0.5) is 0 Å². The summed E-state index contributed by atoms with van der Waals surface area (Å²) < 4.78 is 5.05. The molecule has 2 amide bonds. The van der Waals surface area contributed by atoms with Gasteiger partial charge in [0.15, 0.2) is 11.6 Å². The van der Waals surface area contributed by atoms with Gasteiger partial charge in [-0.2, -0.15) is 0 Å². The summed E-state index contributed by atoms with van der Waals surface area (Å²) in [5.41, 5.74) is 0.906. The Balaban J connectivity index is 2.83. The quantitative estimate of drug-likeness (QED) is 0.425. The van der Waals surface area contributed by atoms with Crippen LogP contribution in [0.15, 0.2) is 30.3 Å². The second-order valence-electron chi connectivity index (χ2n) is 7.48. The first-order valence-electron chi connectivity index (χ1n) is 10.5. The van der Waals surface area contributed by atoms with Gasteiger partial charge in [0.05, 0.1) is 6.04 Å². The van der Waals surface area contributed by atoms with Gasteiger partial charge in [0.2, 0.25) is 11.8 Å². The molecule has 166 valence electrons. The maximum atomic E-state index is 13.0. The Labute approximate surface area is 178 Å². The standard InChI is InChI=1S/C23H34N2O5/c1-4-5-7-12-19(23(29)24-3)14-21(27)20(13-18-10-8-6-9-11-18)25-22(28)16-30-15-17(2)26/h6,8-11,19-20H,4-5,7,12-16H2,1-3H3,(H,24,29)(H,25,28). The minimum Gasteiger partial charge on any atom is -0.364 e. The highest BCUT2D eigenvalue weighted by Crippen LogP contribution is 2.17. The van der Waals surface area contributed by atoms with Gasteiger partial charge in [-0.25, -0.2) is 0 Å². The molecule has 0 saturated heterocycles. The lowest BCUT2D eigenvalue weighted by molar-refractivity contribution is -0.133. The lowest BCUT2D eigenvalue weighted by atomic mass is 9.90. The molecule has 0 saturated carbocycles. The van der Waals surface area contributed by atoms with E-state index in [0.29, 0.717) is 12.8 Å². The molecule has 30 heavy (non-hydrogen) atoms. The summed E-state index contributed by atoms with van der Waals surface area (Å²) >= 11 is 0. The van der Waals surface area contributed by atoms with Crippen LogP contribution in [0.25, 0.3) is 0 Å². The monoisotopic (exact) mass is 418 g/mol. The average Bonchev–Trinajstić information content (AvgIpc) is 2.72. The molecule has 0 aliphatic rings. The Morgan fingerprint density at radius 3 is 2.33 bits per heavy atom. The van der Waals surface area contributed by atoms with E-state index in [2.05, 4.69) is 17.6 Å². The van der Waals surface area contributed by atoms with Crippen molar-refractivity contribution in [3.8, 4) is 0 Å². The van der Waals surface area contributed by atoms with Crippen molar-refractivity contribution >= 4 is 23.4 Å². The lowest BCUT2D eigenvalue weighted by Gasteiger charge is -2.21. The molecule has 2 unspecified atom stereocenters. The topological polar surface area (TPSA) is 102 Å². The van der Waals surface area contributed by atoms with E-state index in [9.17, 15) is 19.2 Å². The fraction of sp³-hybridized carbons (Fsp3) is 0.565. The van der Waals surface area contributed by atoms with E-state index in [1.54, 1.807) is 7.05 Å². The molecule has 2 atom stereocenters. The predicted molar refractivity (Wildman–Crippen MR) is 115 cm³/mol. The highest BCUT2D eigenvalue weighted by atomic mass is 16.5. The van der Waals surface area contributed by atoms with Crippen LogP contribution >= 0.6 is 0 Å². The molecular formula is C23H34N2O5. The molecule has 0 heterocycles. The highest BCUT2D eigenvalue weighted by molar-refractivity contribution is 5.92. The van der Waals surface area contributed by atoms with Gasteiger partial charge in [-0.05, 0) is 25.3 Å². The van der Waals surface area contributed by atoms with Crippen molar-refractivity contribution in [2.75, 3.05) is 20.3 Å². The molecule has 0 aromatic heterocycles. The molecule has 0 bridgehead atoms. The first kappa shape index (κ1) is 25.5. The van der Waals surface area contributed by atoms with Crippen molar-refractivity contribution < 1.29 is 23.9 Å². The van der Waals surface area contributed by atoms with Gasteiger partial charge in [0.25, 0.3) is 0 Å². The van der Waals surface area contributed by atoms with Crippen LogP contribution in [0.5, 0.6) is 0 Å². The van der Waals surface area contributed by atoms with Gasteiger partial charge in [-0.1, -0.05) is 56.5 Å². The zero-order valence-corrected chi connectivity index (χ0v) is 18.2. The number of benzene rings is 1. The second kappa shape index (κ2) is 14.4. The SMILES string of the molecule is CCCCCC(CC(=O)C(Cc1ccccc1)NC(=O)COCC(C)=O)C(=O)NC. The fourth-order valence-corrected chi connectivity index (χ4v) is 3.17. The Morgan fingerprint density at radius 2 is 1.73 bits per heavy atom. The molecule has 7 heteroatoms. The van der Waals surface area contributed by atoms with Gasteiger partial charge < -0.3 is 15.4 Å². The van der Waals surface area contributed by atoms with Crippen LogP contribution in [0.1, 0.15) is 51.5 Å². The molecule has 0 radical (unpaired) electrons. The van der Waals surface area contributed by atoms with Crippen molar-refractivity contribution in [2.45, 2.75) is 58.4 Å². The summed E-state index contributed by atoms with van der Waals surface area (Å²) in [6, 6.07) is 8.62. The van der Waals surface area contributed by atoms with Gasteiger partial charge in [0, 0.05) is 19.4 Å². The van der Waals surface area contributed by atoms with E-state index in [1.165, 1.54) is 6.92 Å². The Bertz CT molecular complexity index is 690. The molecular weight excluding hydrogens is 384 g/mol. The van der Waals surface area contributed by atoms with Crippen LogP contribution in [-0.2, 0) is 30.3 Å². The van der Waals surface area contributed by atoms with Crippen molar-refractivity contribution in [3.63, 3.8) is 0 Å². The number of ketones is 2. The number of carbonyl (C=O) groups is 4. The van der Waals surface area contributed by atoms with Crippen LogP contribution in [0.3, 0.4) is 0 Å². The van der Waals surface area contributed by atoms with Gasteiger partial charge in [-0.15, -0.1) is 0 Å². The third-order valence-electron chi connectivity index (χ3n) is 4.77. The number of ether oxygens (including phenoxy) is 1. The molecule has 0 fully saturated rings. The molecule has 7 nitrogen and oxygen atoms in total. The van der Waals surface area contributed by atoms with Crippen LogP contribution in [0, 0.1) is 5.92 Å². The molecule has 1 aromatic carbocycles. The maximum absolute atomic E-state index is 13.0. The third-order valence-corrected chi connectivity index (χ3v) is 4.77. The third kappa shape index (κ3) is 10.3. The Morgan fingerprint density at radius 1 is 1.03 bits per heavy atom. The van der Waals surface area contributed by atoms with Crippen molar-refractivity contribution in [2.24, 2.45) is 5.92 Å². The average molecular weight is 419 g/mol. The van der Waals surface area contributed by atoms with Crippen molar-refractivity contribution in [3.05, 3.63) is 35.9 Å². The summed E-state index contributed by atoms with van der Waals surface area (Å²) in [5.74, 6) is -1.41. The second-order valence-corrected chi connectivity index (χ2v) is 7.48. The number of unbranched alkanes of at least 4 members (excludes halogenated alkanes) is 2. The molecule has 2 N–H and O–H groups in total. The summed E-state index contributed by atoms with van der Waals surface area (Å²) in [7, 11) is 1.56. The molecule has 0 aliphatic heterocycles. The maximum Gasteiger partial charge on any atom is 0.246 e. The normalized spacial score (nSPS) is 12.6. The number of hydrogen-bond acceptors (Lipinski definition) is 5. The van der Waals surface area contributed by atoms with Crippen LogP contribution in [0.2, 0.25) is 0 Å². The number of Topliss-reactive ketones (excluding diaryl/α,β-unsaturated/α-hetero) is 2. The number of hydrogen-bond donors (Lipinski definition) is 2. The van der Waals surface area contributed by atoms with E-state index in [4.69, 9.17) is 4.74 Å². The smallest absolute Gasteiger partial charge is 0.246 e. The van der Waals surface area contributed by atoms with E-state index in [-0.39, 0.29) is 37.1 Å². The molecule has 0 aliphatic carbocycles. The van der Waals surface area contributed by atoms with E-state index < -0.39 is 17.9 Å². The predicted octanol–water partition coefficient (Wildman–Crippen LogP) is 2.22. The minimum absolute atomic E-state index is 0.0650. The summed E-state index contributed by atoms with van der Waals surface area (Å²) in [4.78, 5) is 48.5. The first-order chi connectivity index (χ1) is 14.4. The van der Waals surface area contributed by atoms with E-state index in [1.807, 2.05) is 30.3 Å². The van der Waals surface area contributed by atoms with Crippen LogP contribution in [-0.4, -0.2) is 49.7 Å². The van der Waals surface area contributed by atoms with E-state index >= 15 is 0 Å². The van der Waals surface area contributed by atoms with Gasteiger partial charge >= 0.3 is 0 Å². The molecule has 1 aromatic rings. The summed E-state index contributed by atoms with van der Waals surface area (Å²) in [5, 5.41) is 5.35. The number of nitrogens with one attached hydrogen (secondary N) is 2. The largest absolute Gasteiger partial charge is 0.364 e. The van der Waals surface area contributed by atoms with Gasteiger partial charge in [-0.3, -0.25) is 19.2 Å². The number of rotatable bonds is 15. The number of carbonyl (C=O) groups excluding carboxylic acids is 4. The first-order valence-corrected chi connectivity index (χ1v) is 10.5. The fourth-order valence-electron chi connectivity index (χ4n) is 3.17. The molecule has 0 spiro atoms.